The maximum absolute atomic E-state index is 4.58. The van der Waals surface area contributed by atoms with E-state index in [0.717, 1.165) is 38.1 Å². The van der Waals surface area contributed by atoms with Crippen molar-refractivity contribution < 1.29 is 0 Å². The van der Waals surface area contributed by atoms with Crippen molar-refractivity contribution in [1.29, 1.82) is 0 Å². The van der Waals surface area contributed by atoms with Crippen LogP contribution in [-0.4, -0.2) is 35.1 Å². The van der Waals surface area contributed by atoms with Gasteiger partial charge in [0.25, 0.3) is 0 Å². The molecule has 2 heterocycles. The van der Waals surface area contributed by atoms with E-state index in [4.69, 9.17) is 0 Å². The summed E-state index contributed by atoms with van der Waals surface area (Å²) in [5, 5.41) is 4.76. The molecule has 1 aromatic carbocycles. The zero-order chi connectivity index (χ0) is 14.0. The normalized spacial score (nSPS) is 24.1. The van der Waals surface area contributed by atoms with E-state index in [-0.39, 0.29) is 5.54 Å². The highest BCUT2D eigenvalue weighted by molar-refractivity contribution is 5.81. The second-order valence-corrected chi connectivity index (χ2v) is 5.94. The van der Waals surface area contributed by atoms with Crippen LogP contribution in [0.3, 0.4) is 0 Å². The lowest BCUT2D eigenvalue weighted by atomic mass is 9.93. The fourth-order valence-electron chi connectivity index (χ4n) is 3.07. The van der Waals surface area contributed by atoms with Gasteiger partial charge in [0.2, 0.25) is 0 Å². The number of fused-ring (bicyclic) bond motifs is 1. The summed E-state index contributed by atoms with van der Waals surface area (Å²) >= 11 is 0. The maximum Gasteiger partial charge on any atom is 0.0746 e. The summed E-state index contributed by atoms with van der Waals surface area (Å²) in [5.74, 6) is 0. The molecular weight excluding hydrogens is 246 g/mol. The number of piperazine rings is 1. The van der Waals surface area contributed by atoms with E-state index < -0.39 is 0 Å². The minimum atomic E-state index is 0.245. The Balaban J connectivity index is 1.92. The fraction of sp³-hybridized carbons (Fsp3) is 0.471. The summed E-state index contributed by atoms with van der Waals surface area (Å²) in [6, 6.07) is 10.6. The molecule has 1 fully saturated rings. The quantitative estimate of drug-likeness (QED) is 0.928. The van der Waals surface area contributed by atoms with Crippen molar-refractivity contribution >= 4 is 10.9 Å². The van der Waals surface area contributed by atoms with Crippen molar-refractivity contribution in [3.63, 3.8) is 0 Å². The molecule has 0 amide bonds. The van der Waals surface area contributed by atoms with Gasteiger partial charge in [-0.2, -0.15) is 0 Å². The first-order valence-corrected chi connectivity index (χ1v) is 7.51. The van der Waals surface area contributed by atoms with Crippen LogP contribution in [0.15, 0.2) is 36.5 Å². The van der Waals surface area contributed by atoms with Crippen molar-refractivity contribution in [2.24, 2.45) is 0 Å². The molecule has 1 aliphatic heterocycles. The van der Waals surface area contributed by atoms with Crippen LogP contribution in [0.2, 0.25) is 0 Å². The molecule has 0 radical (unpaired) electrons. The van der Waals surface area contributed by atoms with Gasteiger partial charge in [-0.1, -0.05) is 31.2 Å². The second kappa shape index (κ2) is 5.51. The van der Waals surface area contributed by atoms with Gasteiger partial charge in [0.1, 0.15) is 0 Å². The lowest BCUT2D eigenvalue weighted by Crippen LogP contribution is -2.58. The number of hydrogen-bond donors (Lipinski definition) is 1. The zero-order valence-corrected chi connectivity index (χ0v) is 12.4. The Labute approximate surface area is 121 Å². The molecule has 1 atom stereocenters. The highest BCUT2D eigenvalue weighted by Gasteiger charge is 2.32. The monoisotopic (exact) mass is 269 g/mol. The Hall–Kier alpha value is -1.45. The average molecular weight is 269 g/mol. The van der Waals surface area contributed by atoms with Crippen LogP contribution in [0.1, 0.15) is 25.8 Å². The van der Waals surface area contributed by atoms with Gasteiger partial charge in [-0.3, -0.25) is 9.88 Å². The molecule has 20 heavy (non-hydrogen) atoms. The highest BCUT2D eigenvalue weighted by Crippen LogP contribution is 2.25. The minimum absolute atomic E-state index is 0.245. The van der Waals surface area contributed by atoms with E-state index >= 15 is 0 Å². The molecule has 1 saturated heterocycles. The topological polar surface area (TPSA) is 28.2 Å². The van der Waals surface area contributed by atoms with Crippen molar-refractivity contribution in [3.8, 4) is 0 Å². The molecule has 0 aliphatic carbocycles. The Morgan fingerprint density at radius 1 is 1.30 bits per heavy atom. The summed E-state index contributed by atoms with van der Waals surface area (Å²) < 4.78 is 0. The number of nitrogens with zero attached hydrogens (tertiary/aromatic N) is 2. The van der Waals surface area contributed by atoms with Crippen molar-refractivity contribution in [2.75, 3.05) is 19.6 Å². The average Bonchev–Trinajstić information content (AvgIpc) is 2.50. The molecule has 0 saturated carbocycles. The SMILES string of the molecule is CCC1(C)CNCCN1Cc1cccc2cccnc12. The molecule has 3 nitrogen and oxygen atoms in total. The van der Waals surface area contributed by atoms with Crippen LogP contribution in [-0.2, 0) is 6.54 Å². The first-order valence-electron chi connectivity index (χ1n) is 7.51. The van der Waals surface area contributed by atoms with E-state index in [1.54, 1.807) is 0 Å². The molecule has 106 valence electrons. The van der Waals surface area contributed by atoms with Gasteiger partial charge < -0.3 is 5.32 Å². The van der Waals surface area contributed by atoms with Crippen LogP contribution < -0.4 is 5.32 Å². The molecule has 1 unspecified atom stereocenters. The third kappa shape index (κ3) is 2.43. The molecular formula is C17H23N3. The third-order valence-corrected chi connectivity index (χ3v) is 4.67. The van der Waals surface area contributed by atoms with Crippen molar-refractivity contribution in [3.05, 3.63) is 42.1 Å². The highest BCUT2D eigenvalue weighted by atomic mass is 15.2. The van der Waals surface area contributed by atoms with Crippen LogP contribution in [0.5, 0.6) is 0 Å². The molecule has 0 bridgehead atoms. The lowest BCUT2D eigenvalue weighted by Gasteiger charge is -2.45. The fourth-order valence-corrected chi connectivity index (χ4v) is 3.07. The van der Waals surface area contributed by atoms with Crippen molar-refractivity contribution in [2.45, 2.75) is 32.4 Å². The molecule has 1 aromatic heterocycles. The summed E-state index contributed by atoms with van der Waals surface area (Å²) in [5.41, 5.74) is 2.73. The molecule has 1 N–H and O–H groups in total. The van der Waals surface area contributed by atoms with Gasteiger partial charge in [-0.25, -0.2) is 0 Å². The van der Waals surface area contributed by atoms with Gasteiger partial charge in [-0.05, 0) is 25.0 Å². The second-order valence-electron chi connectivity index (χ2n) is 5.94. The number of hydrogen-bond acceptors (Lipinski definition) is 3. The van der Waals surface area contributed by atoms with E-state index in [2.05, 4.69) is 53.3 Å². The molecule has 0 spiro atoms. The minimum Gasteiger partial charge on any atom is -0.314 e. The molecule has 3 heteroatoms. The summed E-state index contributed by atoms with van der Waals surface area (Å²) in [7, 11) is 0. The molecule has 1 aliphatic rings. The van der Waals surface area contributed by atoms with Gasteiger partial charge in [-0.15, -0.1) is 0 Å². The van der Waals surface area contributed by atoms with Gasteiger partial charge in [0.15, 0.2) is 0 Å². The zero-order valence-electron chi connectivity index (χ0n) is 12.4. The van der Waals surface area contributed by atoms with E-state index in [9.17, 15) is 0 Å². The number of rotatable bonds is 3. The number of pyridine rings is 1. The summed E-state index contributed by atoms with van der Waals surface area (Å²) in [6.07, 6.45) is 3.06. The van der Waals surface area contributed by atoms with Crippen molar-refractivity contribution in [1.82, 2.24) is 15.2 Å². The van der Waals surface area contributed by atoms with Crippen LogP contribution >= 0.6 is 0 Å². The van der Waals surface area contributed by atoms with E-state index in [0.29, 0.717) is 0 Å². The standard InChI is InChI=1S/C17H23N3/c1-3-17(2)13-18-10-11-20(17)12-15-7-4-6-14-8-5-9-19-16(14)15/h4-9,18H,3,10-13H2,1-2H3. The van der Waals surface area contributed by atoms with Gasteiger partial charge in [0, 0.05) is 43.3 Å². The summed E-state index contributed by atoms with van der Waals surface area (Å²) in [6.45, 7) is 8.88. The van der Waals surface area contributed by atoms with Crippen LogP contribution in [0, 0.1) is 0 Å². The van der Waals surface area contributed by atoms with E-state index in [1.165, 1.54) is 10.9 Å². The first kappa shape index (κ1) is 13.5. The Morgan fingerprint density at radius 3 is 3.00 bits per heavy atom. The largest absolute Gasteiger partial charge is 0.314 e. The predicted octanol–water partition coefficient (Wildman–Crippen LogP) is 2.81. The molecule has 2 aromatic rings. The first-order chi connectivity index (χ1) is 9.73. The number of benzene rings is 1. The predicted molar refractivity (Wildman–Crippen MR) is 83.7 cm³/mol. The van der Waals surface area contributed by atoms with Gasteiger partial charge in [0.05, 0.1) is 5.52 Å². The third-order valence-electron chi connectivity index (χ3n) is 4.67. The smallest absolute Gasteiger partial charge is 0.0746 e. The number of aromatic nitrogens is 1. The Bertz CT molecular complexity index is 590. The lowest BCUT2D eigenvalue weighted by molar-refractivity contribution is 0.0641. The van der Waals surface area contributed by atoms with Gasteiger partial charge >= 0.3 is 0 Å². The molecule has 3 rings (SSSR count). The van der Waals surface area contributed by atoms with Crippen LogP contribution in [0.4, 0.5) is 0 Å². The number of para-hydroxylation sites is 1. The summed E-state index contributed by atoms with van der Waals surface area (Å²) in [4.78, 5) is 7.18. The van der Waals surface area contributed by atoms with Crippen LogP contribution in [0.25, 0.3) is 10.9 Å². The maximum atomic E-state index is 4.58. The van der Waals surface area contributed by atoms with E-state index in [1.807, 2.05) is 12.3 Å². The Morgan fingerprint density at radius 2 is 2.15 bits per heavy atom. The number of nitrogens with one attached hydrogen (secondary N) is 1. The Kier molecular flexibility index (Phi) is 3.72.